The summed E-state index contributed by atoms with van der Waals surface area (Å²) in [6.07, 6.45) is 3.05. The molecule has 0 saturated carbocycles. The number of nitrogens with zero attached hydrogens (tertiary/aromatic N) is 3. The molecule has 2 aliphatic rings. The fourth-order valence-electron chi connectivity index (χ4n) is 4.22. The van der Waals surface area contributed by atoms with Crippen molar-refractivity contribution in [2.24, 2.45) is 0 Å². The van der Waals surface area contributed by atoms with Gasteiger partial charge in [0.2, 0.25) is 0 Å². The Balaban J connectivity index is 1.77. The summed E-state index contributed by atoms with van der Waals surface area (Å²) >= 11 is 0. The molecule has 2 aromatic rings. The zero-order chi connectivity index (χ0) is 23.4. The number of aliphatic hydroxyl groups excluding tert-OH is 1. The molecule has 1 unspecified atom stereocenters. The van der Waals surface area contributed by atoms with Crippen molar-refractivity contribution in [3.05, 3.63) is 59.4 Å². The Morgan fingerprint density at radius 2 is 1.76 bits per heavy atom. The molecule has 2 aliphatic heterocycles. The van der Waals surface area contributed by atoms with Gasteiger partial charge in [-0.3, -0.25) is 19.5 Å². The van der Waals surface area contributed by atoms with Crippen LogP contribution in [0.4, 0.5) is 0 Å². The van der Waals surface area contributed by atoms with Gasteiger partial charge in [-0.05, 0) is 29.8 Å². The Morgan fingerprint density at radius 1 is 1.06 bits per heavy atom. The van der Waals surface area contributed by atoms with Crippen LogP contribution in [0.25, 0.3) is 5.76 Å². The van der Waals surface area contributed by atoms with Crippen molar-refractivity contribution in [3.8, 4) is 11.5 Å². The van der Waals surface area contributed by atoms with Crippen LogP contribution in [0.15, 0.2) is 48.3 Å². The van der Waals surface area contributed by atoms with Crippen molar-refractivity contribution >= 4 is 17.4 Å². The van der Waals surface area contributed by atoms with Crippen molar-refractivity contribution in [1.29, 1.82) is 0 Å². The molecular formula is C24H27N3O6. The predicted molar refractivity (Wildman–Crippen MR) is 120 cm³/mol. The molecule has 174 valence electrons. The number of likely N-dealkylation sites (tertiary alicyclic amines) is 1. The number of hydrogen-bond donors (Lipinski definition) is 1. The summed E-state index contributed by atoms with van der Waals surface area (Å²) in [5.74, 6) is -0.590. The van der Waals surface area contributed by atoms with Gasteiger partial charge in [0.25, 0.3) is 11.7 Å². The van der Waals surface area contributed by atoms with Crippen molar-refractivity contribution in [2.75, 3.05) is 53.6 Å². The van der Waals surface area contributed by atoms with Gasteiger partial charge in [0.15, 0.2) is 11.5 Å². The Hall–Kier alpha value is -3.43. The van der Waals surface area contributed by atoms with Crippen molar-refractivity contribution < 1.29 is 28.9 Å². The Labute approximate surface area is 192 Å². The standard InChI is InChI=1S/C24H27N3O6/c1-31-18-4-3-17(15-19(18)32-2)21-20(22(28)16-5-7-25-8-6-16)23(29)24(30)27(21)10-9-26-11-13-33-14-12-26/h3-8,15,21,28H,9-14H2,1-2H3/b22-20+. The SMILES string of the molecule is COc1ccc(C2/C(=C(\O)c3ccncc3)C(=O)C(=O)N2CCN2CCOCC2)cc1OC. The molecule has 1 aromatic carbocycles. The highest BCUT2D eigenvalue weighted by molar-refractivity contribution is 6.46. The fraction of sp³-hybridized carbons (Fsp3) is 0.375. The van der Waals surface area contributed by atoms with Gasteiger partial charge in [-0.25, -0.2) is 0 Å². The number of carbonyl (C=O) groups is 2. The van der Waals surface area contributed by atoms with E-state index in [9.17, 15) is 14.7 Å². The lowest BCUT2D eigenvalue weighted by molar-refractivity contribution is -0.140. The highest BCUT2D eigenvalue weighted by Gasteiger charge is 2.46. The van der Waals surface area contributed by atoms with Crippen LogP contribution >= 0.6 is 0 Å². The molecule has 0 radical (unpaired) electrons. The van der Waals surface area contributed by atoms with Crippen LogP contribution in [-0.4, -0.2) is 85.2 Å². The molecule has 0 aliphatic carbocycles. The molecule has 2 fully saturated rings. The first kappa shape index (κ1) is 22.8. The molecule has 9 heteroatoms. The molecule has 3 heterocycles. The number of pyridine rings is 1. The zero-order valence-electron chi connectivity index (χ0n) is 18.7. The molecule has 1 atom stereocenters. The van der Waals surface area contributed by atoms with E-state index in [0.29, 0.717) is 48.9 Å². The molecule has 2 saturated heterocycles. The van der Waals surface area contributed by atoms with E-state index in [1.54, 1.807) is 30.3 Å². The van der Waals surface area contributed by atoms with Crippen molar-refractivity contribution in [3.63, 3.8) is 0 Å². The molecule has 0 bridgehead atoms. The molecule has 1 amide bonds. The lowest BCUT2D eigenvalue weighted by atomic mass is 9.95. The van der Waals surface area contributed by atoms with Gasteiger partial charge in [0, 0.05) is 44.1 Å². The van der Waals surface area contributed by atoms with Crippen molar-refractivity contribution in [2.45, 2.75) is 6.04 Å². The molecule has 1 N–H and O–H groups in total. The van der Waals surface area contributed by atoms with E-state index in [0.717, 1.165) is 13.1 Å². The number of Topliss-reactive ketones (excluding diaryl/α,β-unsaturated/α-hetero) is 1. The normalized spacial score (nSPS) is 20.8. The van der Waals surface area contributed by atoms with Crippen LogP contribution in [-0.2, 0) is 14.3 Å². The van der Waals surface area contributed by atoms with Gasteiger partial charge in [-0.15, -0.1) is 0 Å². The first-order chi connectivity index (χ1) is 16.0. The van der Waals surface area contributed by atoms with Gasteiger partial charge in [0.05, 0.1) is 39.0 Å². The minimum absolute atomic E-state index is 0.0420. The first-order valence-electron chi connectivity index (χ1n) is 10.8. The number of carbonyl (C=O) groups excluding carboxylic acids is 2. The van der Waals surface area contributed by atoms with Gasteiger partial charge in [-0.2, -0.15) is 0 Å². The Morgan fingerprint density at radius 3 is 2.42 bits per heavy atom. The lowest BCUT2D eigenvalue weighted by Gasteiger charge is -2.31. The molecule has 9 nitrogen and oxygen atoms in total. The van der Waals surface area contributed by atoms with E-state index in [1.165, 1.54) is 31.5 Å². The average molecular weight is 453 g/mol. The minimum Gasteiger partial charge on any atom is -0.507 e. The summed E-state index contributed by atoms with van der Waals surface area (Å²) < 4.78 is 16.2. The topological polar surface area (TPSA) is 101 Å². The predicted octanol–water partition coefficient (Wildman–Crippen LogP) is 1.85. The second kappa shape index (κ2) is 10.0. The zero-order valence-corrected chi connectivity index (χ0v) is 18.7. The second-order valence-corrected chi connectivity index (χ2v) is 7.80. The minimum atomic E-state index is -0.765. The second-order valence-electron chi connectivity index (χ2n) is 7.80. The van der Waals surface area contributed by atoms with E-state index in [-0.39, 0.29) is 11.3 Å². The van der Waals surface area contributed by atoms with Crippen LogP contribution in [0.1, 0.15) is 17.2 Å². The summed E-state index contributed by atoms with van der Waals surface area (Å²) in [5.41, 5.74) is 1.10. The van der Waals surface area contributed by atoms with Crippen LogP contribution in [0.3, 0.4) is 0 Å². The summed E-state index contributed by atoms with van der Waals surface area (Å²) in [6.45, 7) is 3.73. The van der Waals surface area contributed by atoms with Crippen LogP contribution in [0.5, 0.6) is 11.5 Å². The molecular weight excluding hydrogens is 426 g/mol. The van der Waals surface area contributed by atoms with E-state index < -0.39 is 17.7 Å². The molecule has 4 rings (SSSR count). The van der Waals surface area contributed by atoms with Gasteiger partial charge in [-0.1, -0.05) is 6.07 Å². The van der Waals surface area contributed by atoms with Crippen LogP contribution in [0.2, 0.25) is 0 Å². The van der Waals surface area contributed by atoms with Gasteiger partial charge in [0.1, 0.15) is 5.76 Å². The number of benzene rings is 1. The van der Waals surface area contributed by atoms with E-state index in [2.05, 4.69) is 9.88 Å². The number of hydrogen-bond acceptors (Lipinski definition) is 8. The maximum Gasteiger partial charge on any atom is 0.295 e. The summed E-state index contributed by atoms with van der Waals surface area (Å²) in [6, 6.07) is 7.67. The smallest absolute Gasteiger partial charge is 0.295 e. The van der Waals surface area contributed by atoms with Gasteiger partial charge < -0.3 is 24.2 Å². The van der Waals surface area contributed by atoms with Crippen LogP contribution in [0, 0.1) is 0 Å². The van der Waals surface area contributed by atoms with E-state index in [1.807, 2.05) is 0 Å². The Bertz CT molecular complexity index is 1050. The summed E-state index contributed by atoms with van der Waals surface area (Å²) in [5, 5.41) is 11.1. The van der Waals surface area contributed by atoms with Crippen molar-refractivity contribution in [1.82, 2.24) is 14.8 Å². The molecule has 0 spiro atoms. The van der Waals surface area contributed by atoms with E-state index >= 15 is 0 Å². The highest BCUT2D eigenvalue weighted by atomic mass is 16.5. The third-order valence-corrected chi connectivity index (χ3v) is 5.98. The quantitative estimate of drug-likeness (QED) is 0.385. The number of rotatable bonds is 7. The number of methoxy groups -OCH3 is 2. The number of ether oxygens (including phenoxy) is 3. The highest BCUT2D eigenvalue weighted by Crippen LogP contribution is 2.41. The fourth-order valence-corrected chi connectivity index (χ4v) is 4.22. The number of aromatic nitrogens is 1. The Kier molecular flexibility index (Phi) is 6.90. The summed E-state index contributed by atoms with van der Waals surface area (Å²) in [7, 11) is 3.06. The molecule has 33 heavy (non-hydrogen) atoms. The molecule has 1 aromatic heterocycles. The number of ketones is 1. The first-order valence-corrected chi connectivity index (χ1v) is 10.8. The third-order valence-electron chi connectivity index (χ3n) is 5.98. The lowest BCUT2D eigenvalue weighted by Crippen LogP contribution is -2.42. The number of morpholine rings is 1. The number of aliphatic hydroxyl groups is 1. The monoisotopic (exact) mass is 453 g/mol. The summed E-state index contributed by atoms with van der Waals surface area (Å²) in [4.78, 5) is 33.9. The maximum absolute atomic E-state index is 13.1. The maximum atomic E-state index is 13.1. The number of amides is 1. The average Bonchev–Trinajstić information content (AvgIpc) is 3.12. The largest absolute Gasteiger partial charge is 0.507 e. The van der Waals surface area contributed by atoms with Gasteiger partial charge >= 0.3 is 0 Å². The van der Waals surface area contributed by atoms with E-state index in [4.69, 9.17) is 14.2 Å². The van der Waals surface area contributed by atoms with Crippen LogP contribution < -0.4 is 9.47 Å². The third kappa shape index (κ3) is 4.55.